The molecule has 2 heterocycles. The van der Waals surface area contributed by atoms with E-state index in [1.807, 2.05) is 37.7 Å². The molecule has 1 unspecified atom stereocenters. The maximum atomic E-state index is 12.7. The maximum absolute atomic E-state index is 12.7. The molecule has 0 radical (unpaired) electrons. The predicted octanol–water partition coefficient (Wildman–Crippen LogP) is 1.94. The summed E-state index contributed by atoms with van der Waals surface area (Å²) in [6.07, 6.45) is 4.55. The minimum atomic E-state index is 0.191. The smallest absolute Gasteiger partial charge is 0.270 e. The van der Waals surface area contributed by atoms with E-state index in [-0.39, 0.29) is 5.91 Å². The topological polar surface area (TPSA) is 37.3 Å². The molecule has 1 saturated heterocycles. The molecule has 19 heavy (non-hydrogen) atoms. The number of amides is 1. The van der Waals surface area contributed by atoms with Crippen LogP contribution in [0, 0.1) is 6.92 Å². The van der Waals surface area contributed by atoms with Crippen LogP contribution >= 0.6 is 0 Å². The standard InChI is InChI=1S/C15H25N3O/c1-12-7-8-14(17(12)3)15(19)18-11-5-4-6-13(18)9-10-16-2/h7-8,13,16H,4-6,9-11H2,1-3H3. The molecule has 1 fully saturated rings. The Hall–Kier alpha value is -1.29. The fourth-order valence-electron chi connectivity index (χ4n) is 2.85. The van der Waals surface area contributed by atoms with Crippen LogP contribution in [0.15, 0.2) is 12.1 Å². The molecule has 1 aliphatic rings. The molecule has 1 aromatic rings. The van der Waals surface area contributed by atoms with Crippen LogP contribution < -0.4 is 5.32 Å². The van der Waals surface area contributed by atoms with Crippen LogP contribution in [0.1, 0.15) is 41.9 Å². The summed E-state index contributed by atoms with van der Waals surface area (Å²) in [6.45, 7) is 3.91. The van der Waals surface area contributed by atoms with Gasteiger partial charge in [0.1, 0.15) is 5.69 Å². The second-order valence-electron chi connectivity index (χ2n) is 5.46. The van der Waals surface area contributed by atoms with Gasteiger partial charge >= 0.3 is 0 Å². The number of aryl methyl sites for hydroxylation is 1. The van der Waals surface area contributed by atoms with Crippen molar-refractivity contribution >= 4 is 5.91 Å². The number of piperidine rings is 1. The van der Waals surface area contributed by atoms with Crippen molar-refractivity contribution in [1.29, 1.82) is 0 Å². The van der Waals surface area contributed by atoms with Gasteiger partial charge in [0.05, 0.1) is 0 Å². The number of carbonyl (C=O) groups is 1. The minimum absolute atomic E-state index is 0.191. The summed E-state index contributed by atoms with van der Waals surface area (Å²) in [5.41, 5.74) is 1.95. The molecular weight excluding hydrogens is 238 g/mol. The molecule has 0 aromatic carbocycles. The van der Waals surface area contributed by atoms with Gasteiger partial charge in [0.15, 0.2) is 0 Å². The van der Waals surface area contributed by atoms with Crippen molar-refractivity contribution in [3.8, 4) is 0 Å². The molecule has 106 valence electrons. The number of nitrogens with one attached hydrogen (secondary N) is 1. The molecule has 1 N–H and O–H groups in total. The largest absolute Gasteiger partial charge is 0.344 e. The summed E-state index contributed by atoms with van der Waals surface area (Å²) < 4.78 is 1.99. The van der Waals surface area contributed by atoms with E-state index in [1.54, 1.807) is 0 Å². The average Bonchev–Trinajstić information content (AvgIpc) is 2.76. The second kappa shape index (κ2) is 6.24. The van der Waals surface area contributed by atoms with Crippen molar-refractivity contribution in [3.05, 3.63) is 23.5 Å². The van der Waals surface area contributed by atoms with E-state index in [0.29, 0.717) is 6.04 Å². The van der Waals surface area contributed by atoms with Crippen LogP contribution in [0.4, 0.5) is 0 Å². The Morgan fingerprint density at radius 1 is 1.42 bits per heavy atom. The summed E-state index contributed by atoms with van der Waals surface area (Å²) in [5.74, 6) is 0.191. The number of carbonyl (C=O) groups excluding carboxylic acids is 1. The lowest BCUT2D eigenvalue weighted by Gasteiger charge is -2.36. The first-order valence-electron chi connectivity index (χ1n) is 7.23. The third-order valence-electron chi connectivity index (χ3n) is 4.21. The summed E-state index contributed by atoms with van der Waals surface area (Å²) in [5, 5.41) is 3.19. The lowest BCUT2D eigenvalue weighted by Crippen LogP contribution is -2.45. The van der Waals surface area contributed by atoms with Crippen molar-refractivity contribution < 1.29 is 4.79 Å². The number of hydrogen-bond donors (Lipinski definition) is 1. The van der Waals surface area contributed by atoms with E-state index in [0.717, 1.165) is 43.7 Å². The van der Waals surface area contributed by atoms with Gasteiger partial charge in [-0.15, -0.1) is 0 Å². The molecule has 1 amide bonds. The molecule has 1 aromatic heterocycles. The van der Waals surface area contributed by atoms with Crippen molar-refractivity contribution in [2.75, 3.05) is 20.1 Å². The van der Waals surface area contributed by atoms with Gasteiger partial charge in [-0.25, -0.2) is 0 Å². The van der Waals surface area contributed by atoms with Gasteiger partial charge in [0.2, 0.25) is 0 Å². The Kier molecular flexibility index (Phi) is 4.64. The van der Waals surface area contributed by atoms with Crippen molar-refractivity contribution in [2.24, 2.45) is 7.05 Å². The average molecular weight is 263 g/mol. The van der Waals surface area contributed by atoms with Gasteiger partial charge in [-0.3, -0.25) is 4.79 Å². The second-order valence-corrected chi connectivity index (χ2v) is 5.46. The molecule has 4 nitrogen and oxygen atoms in total. The summed E-state index contributed by atoms with van der Waals surface area (Å²) >= 11 is 0. The molecule has 0 spiro atoms. The van der Waals surface area contributed by atoms with Gasteiger partial charge < -0.3 is 14.8 Å². The zero-order chi connectivity index (χ0) is 13.8. The highest BCUT2D eigenvalue weighted by molar-refractivity contribution is 5.93. The first-order valence-corrected chi connectivity index (χ1v) is 7.23. The fourth-order valence-corrected chi connectivity index (χ4v) is 2.85. The van der Waals surface area contributed by atoms with Crippen LogP contribution in [0.25, 0.3) is 0 Å². The van der Waals surface area contributed by atoms with Crippen LogP contribution in [0.5, 0.6) is 0 Å². The van der Waals surface area contributed by atoms with Crippen LogP contribution in [-0.4, -0.2) is 41.6 Å². The van der Waals surface area contributed by atoms with E-state index < -0.39 is 0 Å². The van der Waals surface area contributed by atoms with Gasteiger partial charge in [-0.05, 0) is 58.3 Å². The third-order valence-corrected chi connectivity index (χ3v) is 4.21. The first-order chi connectivity index (χ1) is 9.15. The number of hydrogen-bond acceptors (Lipinski definition) is 2. The number of likely N-dealkylation sites (tertiary alicyclic amines) is 1. The Labute approximate surface area is 115 Å². The fraction of sp³-hybridized carbons (Fsp3) is 0.667. The molecule has 0 aliphatic carbocycles. The van der Waals surface area contributed by atoms with Crippen LogP contribution in [-0.2, 0) is 7.05 Å². The maximum Gasteiger partial charge on any atom is 0.270 e. The van der Waals surface area contributed by atoms with Gasteiger partial charge in [0.25, 0.3) is 5.91 Å². The lowest BCUT2D eigenvalue weighted by atomic mass is 9.99. The molecule has 1 aliphatic heterocycles. The number of aromatic nitrogens is 1. The van der Waals surface area contributed by atoms with Crippen LogP contribution in [0.2, 0.25) is 0 Å². The Balaban J connectivity index is 2.13. The third kappa shape index (κ3) is 3.00. The normalized spacial score (nSPS) is 19.7. The zero-order valence-corrected chi connectivity index (χ0v) is 12.3. The van der Waals surface area contributed by atoms with E-state index in [2.05, 4.69) is 10.2 Å². The molecule has 0 bridgehead atoms. The lowest BCUT2D eigenvalue weighted by molar-refractivity contribution is 0.0592. The summed E-state index contributed by atoms with van der Waals surface area (Å²) in [7, 11) is 3.94. The first kappa shape index (κ1) is 14.1. The molecular formula is C15H25N3O. The highest BCUT2D eigenvalue weighted by Gasteiger charge is 2.28. The highest BCUT2D eigenvalue weighted by Crippen LogP contribution is 2.22. The zero-order valence-electron chi connectivity index (χ0n) is 12.3. The summed E-state index contributed by atoms with van der Waals surface area (Å²) in [6, 6.07) is 4.35. The minimum Gasteiger partial charge on any atom is -0.344 e. The van der Waals surface area contributed by atoms with E-state index in [4.69, 9.17) is 0 Å². The Bertz CT molecular complexity index is 439. The Morgan fingerprint density at radius 3 is 2.84 bits per heavy atom. The number of nitrogens with zero attached hydrogens (tertiary/aromatic N) is 2. The van der Waals surface area contributed by atoms with Gasteiger partial charge in [0, 0.05) is 25.3 Å². The molecule has 1 atom stereocenters. The monoisotopic (exact) mass is 263 g/mol. The van der Waals surface area contributed by atoms with Crippen molar-refractivity contribution in [1.82, 2.24) is 14.8 Å². The number of rotatable bonds is 4. The van der Waals surface area contributed by atoms with Gasteiger partial charge in [-0.2, -0.15) is 0 Å². The van der Waals surface area contributed by atoms with Gasteiger partial charge in [-0.1, -0.05) is 0 Å². The molecule has 4 heteroatoms. The van der Waals surface area contributed by atoms with Crippen LogP contribution in [0.3, 0.4) is 0 Å². The molecule has 0 saturated carbocycles. The quantitative estimate of drug-likeness (QED) is 0.901. The van der Waals surface area contributed by atoms with E-state index >= 15 is 0 Å². The van der Waals surface area contributed by atoms with E-state index in [1.165, 1.54) is 6.42 Å². The van der Waals surface area contributed by atoms with E-state index in [9.17, 15) is 4.79 Å². The Morgan fingerprint density at radius 2 is 2.21 bits per heavy atom. The predicted molar refractivity (Wildman–Crippen MR) is 77.4 cm³/mol. The van der Waals surface area contributed by atoms with Crippen molar-refractivity contribution in [3.63, 3.8) is 0 Å². The van der Waals surface area contributed by atoms with Crippen molar-refractivity contribution in [2.45, 2.75) is 38.6 Å². The SMILES string of the molecule is CNCCC1CCCCN1C(=O)c1ccc(C)n1C. The summed E-state index contributed by atoms with van der Waals surface area (Å²) in [4.78, 5) is 14.8. The highest BCUT2D eigenvalue weighted by atomic mass is 16.2. The molecule has 2 rings (SSSR count).